The van der Waals surface area contributed by atoms with E-state index < -0.39 is 0 Å². The highest BCUT2D eigenvalue weighted by Gasteiger charge is 2.26. The van der Waals surface area contributed by atoms with Crippen LogP contribution in [0.1, 0.15) is 24.8 Å². The summed E-state index contributed by atoms with van der Waals surface area (Å²) in [5.74, 6) is 3.14. The molecule has 1 N–H and O–H groups in total. The maximum atomic E-state index is 5.98. The number of hydrogen-bond donors (Lipinski definition) is 1. The third-order valence-electron chi connectivity index (χ3n) is 3.61. The zero-order chi connectivity index (χ0) is 12.3. The van der Waals surface area contributed by atoms with Gasteiger partial charge in [-0.3, -0.25) is 0 Å². The fourth-order valence-electron chi connectivity index (χ4n) is 2.46. The molecule has 0 spiro atoms. The number of alkyl halides is 1. The summed E-state index contributed by atoms with van der Waals surface area (Å²) in [6.45, 7) is 3.07. The van der Waals surface area contributed by atoms with Crippen molar-refractivity contribution in [3.05, 3.63) is 22.3 Å². The van der Waals surface area contributed by atoms with E-state index in [-0.39, 0.29) is 0 Å². The molecule has 2 unspecified atom stereocenters. The average molecular weight is 318 g/mol. The Labute approximate surface area is 116 Å². The van der Waals surface area contributed by atoms with Gasteiger partial charge in [0.1, 0.15) is 5.82 Å². The minimum absolute atomic E-state index is 0.681. The van der Waals surface area contributed by atoms with Crippen molar-refractivity contribution in [3.63, 3.8) is 0 Å². The molecule has 1 aromatic rings. The van der Waals surface area contributed by atoms with Crippen LogP contribution in [-0.4, -0.2) is 17.4 Å². The number of aryl methyl sites for hydroxylation is 1. The van der Waals surface area contributed by atoms with E-state index in [0.717, 1.165) is 22.7 Å². The lowest BCUT2D eigenvalue weighted by Gasteiger charge is -2.18. The lowest BCUT2D eigenvalue weighted by Crippen LogP contribution is -2.19. The molecule has 2 atom stereocenters. The van der Waals surface area contributed by atoms with Gasteiger partial charge in [-0.05, 0) is 59.2 Å². The minimum atomic E-state index is 0.681. The lowest BCUT2D eigenvalue weighted by molar-refractivity contribution is 0.444. The molecule has 0 saturated heterocycles. The maximum Gasteiger partial charge on any atom is 0.126 e. The van der Waals surface area contributed by atoms with Gasteiger partial charge in [-0.1, -0.05) is 6.42 Å². The zero-order valence-electron chi connectivity index (χ0n) is 10.0. The molecule has 1 aliphatic carbocycles. The first kappa shape index (κ1) is 13.2. The van der Waals surface area contributed by atoms with Crippen LogP contribution in [0.5, 0.6) is 0 Å². The van der Waals surface area contributed by atoms with Crippen LogP contribution < -0.4 is 5.32 Å². The molecule has 0 bridgehead atoms. The van der Waals surface area contributed by atoms with Crippen molar-refractivity contribution in [2.24, 2.45) is 11.8 Å². The zero-order valence-corrected chi connectivity index (χ0v) is 12.4. The molecular weight excluding hydrogens is 300 g/mol. The summed E-state index contributed by atoms with van der Waals surface area (Å²) in [4.78, 5) is 4.36. The van der Waals surface area contributed by atoms with Crippen molar-refractivity contribution in [1.82, 2.24) is 4.98 Å². The second-order valence-electron chi connectivity index (χ2n) is 4.80. The van der Waals surface area contributed by atoms with Crippen molar-refractivity contribution in [3.8, 4) is 0 Å². The SMILES string of the molecule is Cc1cc(NCC2CCCC2CCl)ncc1Br. The molecule has 0 aliphatic heterocycles. The Hall–Kier alpha value is -0.280. The van der Waals surface area contributed by atoms with Crippen LogP contribution in [0.3, 0.4) is 0 Å². The maximum absolute atomic E-state index is 5.98. The number of nitrogens with zero attached hydrogens (tertiary/aromatic N) is 1. The van der Waals surface area contributed by atoms with Gasteiger partial charge in [0.2, 0.25) is 0 Å². The fourth-order valence-corrected chi connectivity index (χ4v) is 3.08. The van der Waals surface area contributed by atoms with Crippen molar-refractivity contribution >= 4 is 33.3 Å². The molecule has 1 fully saturated rings. The van der Waals surface area contributed by atoms with E-state index in [0.29, 0.717) is 11.8 Å². The van der Waals surface area contributed by atoms with Crippen LogP contribution in [0, 0.1) is 18.8 Å². The second kappa shape index (κ2) is 6.05. The summed E-state index contributed by atoms with van der Waals surface area (Å²) in [6, 6.07) is 2.08. The van der Waals surface area contributed by atoms with Crippen LogP contribution >= 0.6 is 27.5 Å². The Bertz CT molecular complexity index is 384. The predicted molar refractivity (Wildman–Crippen MR) is 76.7 cm³/mol. The van der Waals surface area contributed by atoms with Gasteiger partial charge in [-0.2, -0.15) is 0 Å². The molecule has 0 aromatic carbocycles. The summed E-state index contributed by atoms with van der Waals surface area (Å²) in [6.07, 6.45) is 5.74. The number of nitrogens with one attached hydrogen (secondary N) is 1. The number of rotatable bonds is 4. The quantitative estimate of drug-likeness (QED) is 0.841. The van der Waals surface area contributed by atoms with Crippen LogP contribution in [0.4, 0.5) is 5.82 Å². The standard InChI is InChI=1S/C13H18BrClN2/c1-9-5-13(17-8-12(9)14)16-7-11-4-2-3-10(11)6-15/h5,8,10-11H,2-4,6-7H2,1H3,(H,16,17). The van der Waals surface area contributed by atoms with Crippen LogP contribution in [0.25, 0.3) is 0 Å². The van der Waals surface area contributed by atoms with Gasteiger partial charge < -0.3 is 5.32 Å². The Morgan fingerprint density at radius 1 is 1.47 bits per heavy atom. The van der Waals surface area contributed by atoms with Gasteiger partial charge in [0.15, 0.2) is 0 Å². The molecule has 2 rings (SSSR count). The van der Waals surface area contributed by atoms with Crippen molar-refractivity contribution in [2.75, 3.05) is 17.7 Å². The van der Waals surface area contributed by atoms with Gasteiger partial charge in [0.25, 0.3) is 0 Å². The van der Waals surface area contributed by atoms with E-state index in [2.05, 4.69) is 39.2 Å². The molecule has 1 aliphatic rings. The number of hydrogen-bond acceptors (Lipinski definition) is 2. The van der Waals surface area contributed by atoms with Crippen LogP contribution in [-0.2, 0) is 0 Å². The van der Waals surface area contributed by atoms with Gasteiger partial charge in [0.05, 0.1) is 0 Å². The lowest BCUT2D eigenvalue weighted by atomic mass is 9.98. The number of aromatic nitrogens is 1. The van der Waals surface area contributed by atoms with Gasteiger partial charge >= 0.3 is 0 Å². The molecule has 4 heteroatoms. The third kappa shape index (κ3) is 3.35. The topological polar surface area (TPSA) is 24.9 Å². The van der Waals surface area contributed by atoms with E-state index in [1.165, 1.54) is 24.8 Å². The number of halogens is 2. The summed E-state index contributed by atoms with van der Waals surface area (Å²) < 4.78 is 1.06. The third-order valence-corrected chi connectivity index (χ3v) is 4.83. The first-order valence-electron chi connectivity index (χ1n) is 6.12. The summed E-state index contributed by atoms with van der Waals surface area (Å²) in [7, 11) is 0. The van der Waals surface area contributed by atoms with E-state index in [1.54, 1.807) is 0 Å². The van der Waals surface area contributed by atoms with Crippen LogP contribution in [0.2, 0.25) is 0 Å². The number of anilines is 1. The van der Waals surface area contributed by atoms with Crippen LogP contribution in [0.15, 0.2) is 16.7 Å². The first-order chi connectivity index (χ1) is 8.20. The molecule has 1 heterocycles. The van der Waals surface area contributed by atoms with Crippen molar-refractivity contribution in [2.45, 2.75) is 26.2 Å². The van der Waals surface area contributed by atoms with E-state index in [1.807, 2.05) is 6.20 Å². The molecule has 1 aromatic heterocycles. The Balaban J connectivity index is 1.91. The van der Waals surface area contributed by atoms with Gasteiger partial charge in [-0.15, -0.1) is 11.6 Å². The van der Waals surface area contributed by atoms with E-state index in [9.17, 15) is 0 Å². The summed E-state index contributed by atoms with van der Waals surface area (Å²) in [5.41, 5.74) is 1.21. The molecule has 1 saturated carbocycles. The molecular formula is C13H18BrClN2. The Kier molecular flexibility index (Phi) is 4.69. The normalized spacial score (nSPS) is 23.9. The summed E-state index contributed by atoms with van der Waals surface area (Å²) in [5, 5.41) is 3.43. The molecule has 17 heavy (non-hydrogen) atoms. The molecule has 0 amide bonds. The Morgan fingerprint density at radius 2 is 2.24 bits per heavy atom. The smallest absolute Gasteiger partial charge is 0.126 e. The van der Waals surface area contributed by atoms with E-state index >= 15 is 0 Å². The van der Waals surface area contributed by atoms with E-state index in [4.69, 9.17) is 11.6 Å². The highest BCUT2D eigenvalue weighted by atomic mass is 79.9. The monoisotopic (exact) mass is 316 g/mol. The van der Waals surface area contributed by atoms with Gasteiger partial charge in [-0.25, -0.2) is 4.98 Å². The fraction of sp³-hybridized carbons (Fsp3) is 0.615. The Morgan fingerprint density at radius 3 is 2.94 bits per heavy atom. The van der Waals surface area contributed by atoms with Crippen molar-refractivity contribution < 1.29 is 0 Å². The highest BCUT2D eigenvalue weighted by Crippen LogP contribution is 2.32. The van der Waals surface area contributed by atoms with Gasteiger partial charge in [0, 0.05) is 23.1 Å². The molecule has 94 valence electrons. The minimum Gasteiger partial charge on any atom is -0.370 e. The van der Waals surface area contributed by atoms with Crippen molar-refractivity contribution in [1.29, 1.82) is 0 Å². The largest absolute Gasteiger partial charge is 0.370 e. The highest BCUT2D eigenvalue weighted by molar-refractivity contribution is 9.10. The molecule has 2 nitrogen and oxygen atoms in total. The first-order valence-corrected chi connectivity index (χ1v) is 7.45. The summed E-state index contributed by atoms with van der Waals surface area (Å²) >= 11 is 9.44. The predicted octanol–water partition coefficient (Wildman–Crippen LogP) is 4.22. The number of pyridine rings is 1. The second-order valence-corrected chi connectivity index (χ2v) is 5.97. The average Bonchev–Trinajstić information content (AvgIpc) is 2.78. The molecule has 0 radical (unpaired) electrons.